The molecule has 1 N–H and O–H groups in total. The van der Waals surface area contributed by atoms with E-state index in [9.17, 15) is 4.79 Å². The van der Waals surface area contributed by atoms with Gasteiger partial charge in [0.1, 0.15) is 11.9 Å². The Bertz CT molecular complexity index is 896. The summed E-state index contributed by atoms with van der Waals surface area (Å²) in [5.74, 6) is 1.39. The zero-order chi connectivity index (χ0) is 16.5. The molecule has 1 amide bonds. The molecule has 0 aliphatic carbocycles. The van der Waals surface area contributed by atoms with Gasteiger partial charge in [-0.2, -0.15) is 0 Å². The maximum Gasteiger partial charge on any atom is 0.244 e. The number of likely N-dealkylation sites (N-methyl/N-ethyl adjacent to an activating group) is 1. The number of benzene rings is 1. The van der Waals surface area contributed by atoms with Crippen molar-refractivity contribution in [2.45, 2.75) is 12.5 Å². The van der Waals surface area contributed by atoms with Gasteiger partial charge >= 0.3 is 0 Å². The van der Waals surface area contributed by atoms with Crippen molar-refractivity contribution < 1.29 is 4.79 Å². The van der Waals surface area contributed by atoms with Crippen LogP contribution in [0.3, 0.4) is 0 Å². The summed E-state index contributed by atoms with van der Waals surface area (Å²) in [6.07, 6.45) is 4.23. The van der Waals surface area contributed by atoms with Gasteiger partial charge in [-0.05, 0) is 30.7 Å². The Morgan fingerprint density at radius 2 is 2.04 bits per heavy atom. The first-order chi connectivity index (χ1) is 11.7. The number of carbonyl (C=O) groups is 1. The molecule has 6 nitrogen and oxygen atoms in total. The van der Waals surface area contributed by atoms with Crippen LogP contribution >= 0.6 is 0 Å². The maximum absolute atomic E-state index is 12.2. The van der Waals surface area contributed by atoms with Crippen LogP contribution in [0, 0.1) is 0 Å². The van der Waals surface area contributed by atoms with E-state index in [0.717, 1.165) is 29.4 Å². The van der Waals surface area contributed by atoms with Crippen molar-refractivity contribution in [3.05, 3.63) is 48.8 Å². The van der Waals surface area contributed by atoms with Crippen LogP contribution in [-0.4, -0.2) is 45.4 Å². The molecule has 4 rings (SSSR count). The first kappa shape index (κ1) is 14.6. The Kier molecular flexibility index (Phi) is 3.57. The zero-order valence-electron chi connectivity index (χ0n) is 13.3. The van der Waals surface area contributed by atoms with E-state index in [1.807, 2.05) is 43.4 Å². The second kappa shape index (κ2) is 5.88. The molecule has 1 saturated heterocycles. The molecule has 1 fully saturated rings. The van der Waals surface area contributed by atoms with Crippen LogP contribution in [0.2, 0.25) is 0 Å². The second-order valence-corrected chi connectivity index (χ2v) is 5.90. The number of hydrogen-bond donors (Lipinski definition) is 1. The van der Waals surface area contributed by atoms with Gasteiger partial charge in [0.05, 0.1) is 5.52 Å². The average Bonchev–Trinajstić information content (AvgIpc) is 2.94. The van der Waals surface area contributed by atoms with Crippen molar-refractivity contribution in [1.82, 2.24) is 19.9 Å². The number of para-hydroxylation sites is 1. The molecule has 0 bridgehead atoms. The number of pyridine rings is 1. The van der Waals surface area contributed by atoms with E-state index >= 15 is 0 Å². The molecule has 120 valence electrons. The summed E-state index contributed by atoms with van der Waals surface area (Å²) in [5, 5.41) is 4.22. The van der Waals surface area contributed by atoms with E-state index in [1.54, 1.807) is 17.3 Å². The third-order valence-electron chi connectivity index (χ3n) is 4.26. The molecular formula is C18H17N5O. The average molecular weight is 319 g/mol. The van der Waals surface area contributed by atoms with E-state index < -0.39 is 0 Å². The van der Waals surface area contributed by atoms with Gasteiger partial charge in [-0.1, -0.05) is 12.1 Å². The molecule has 1 aliphatic rings. The van der Waals surface area contributed by atoms with Crippen molar-refractivity contribution in [1.29, 1.82) is 0 Å². The third kappa shape index (κ3) is 2.56. The summed E-state index contributed by atoms with van der Waals surface area (Å²) in [7, 11) is 1.82. The van der Waals surface area contributed by atoms with Crippen LogP contribution < -0.4 is 5.32 Å². The van der Waals surface area contributed by atoms with Crippen LogP contribution in [0.15, 0.2) is 48.8 Å². The predicted molar refractivity (Wildman–Crippen MR) is 92.4 cm³/mol. The topological polar surface area (TPSA) is 71.0 Å². The summed E-state index contributed by atoms with van der Waals surface area (Å²) in [4.78, 5) is 27.4. The molecule has 0 saturated carbocycles. The first-order valence-electron chi connectivity index (χ1n) is 7.91. The van der Waals surface area contributed by atoms with Crippen molar-refractivity contribution in [3.8, 4) is 11.4 Å². The smallest absolute Gasteiger partial charge is 0.244 e. The Morgan fingerprint density at radius 3 is 2.79 bits per heavy atom. The number of nitrogens with zero attached hydrogens (tertiary/aromatic N) is 4. The van der Waals surface area contributed by atoms with Gasteiger partial charge in [-0.25, -0.2) is 9.97 Å². The molecule has 3 aromatic rings. The number of fused-ring (bicyclic) bond motifs is 1. The van der Waals surface area contributed by atoms with E-state index in [1.165, 1.54) is 0 Å². The van der Waals surface area contributed by atoms with Crippen LogP contribution in [-0.2, 0) is 4.79 Å². The molecule has 6 heteroatoms. The van der Waals surface area contributed by atoms with Crippen LogP contribution in [0.5, 0.6) is 0 Å². The van der Waals surface area contributed by atoms with Crippen LogP contribution in [0.4, 0.5) is 5.82 Å². The van der Waals surface area contributed by atoms with E-state index in [0.29, 0.717) is 11.6 Å². The van der Waals surface area contributed by atoms with Gasteiger partial charge in [-0.15, -0.1) is 0 Å². The first-order valence-corrected chi connectivity index (χ1v) is 7.91. The lowest BCUT2D eigenvalue weighted by Crippen LogP contribution is -2.31. The lowest BCUT2D eigenvalue weighted by molar-refractivity contribution is -0.127. The van der Waals surface area contributed by atoms with Crippen molar-refractivity contribution in [3.63, 3.8) is 0 Å². The maximum atomic E-state index is 12.2. The van der Waals surface area contributed by atoms with Gasteiger partial charge in [0, 0.05) is 36.9 Å². The Morgan fingerprint density at radius 1 is 1.17 bits per heavy atom. The summed E-state index contributed by atoms with van der Waals surface area (Å²) in [6.45, 7) is 0.759. The number of carbonyl (C=O) groups excluding carboxylic acids is 1. The quantitative estimate of drug-likeness (QED) is 0.802. The number of likely N-dealkylation sites (tertiary alicyclic amines) is 1. The Labute approximate surface area is 139 Å². The standard InChI is InChI=1S/C18H17N5O/c1-23-10-8-15(18(23)24)21-17-13-6-2-3-7-14(13)20-16(22-17)12-5-4-9-19-11-12/h2-7,9,11,15H,8,10H2,1H3,(H,20,21,22). The van der Waals surface area contributed by atoms with Gasteiger partial charge in [0.25, 0.3) is 0 Å². The second-order valence-electron chi connectivity index (χ2n) is 5.90. The largest absolute Gasteiger partial charge is 0.358 e. The fourth-order valence-corrected chi connectivity index (χ4v) is 2.93. The minimum absolute atomic E-state index is 0.0978. The van der Waals surface area contributed by atoms with Crippen LogP contribution in [0.25, 0.3) is 22.3 Å². The van der Waals surface area contributed by atoms with Crippen molar-refractivity contribution in [2.75, 3.05) is 18.9 Å². The summed E-state index contributed by atoms with van der Waals surface area (Å²) >= 11 is 0. The summed E-state index contributed by atoms with van der Waals surface area (Å²) in [5.41, 5.74) is 1.69. The lowest BCUT2D eigenvalue weighted by atomic mass is 10.2. The zero-order valence-corrected chi connectivity index (χ0v) is 13.3. The molecule has 1 unspecified atom stereocenters. The highest BCUT2D eigenvalue weighted by atomic mass is 16.2. The monoisotopic (exact) mass is 319 g/mol. The summed E-state index contributed by atoms with van der Waals surface area (Å²) < 4.78 is 0. The molecule has 3 heterocycles. The third-order valence-corrected chi connectivity index (χ3v) is 4.26. The normalized spacial score (nSPS) is 17.5. The van der Waals surface area contributed by atoms with Gasteiger partial charge in [0.15, 0.2) is 5.82 Å². The van der Waals surface area contributed by atoms with Crippen LogP contribution in [0.1, 0.15) is 6.42 Å². The molecule has 1 aliphatic heterocycles. The highest BCUT2D eigenvalue weighted by Gasteiger charge is 2.29. The fraction of sp³-hybridized carbons (Fsp3) is 0.222. The molecule has 0 radical (unpaired) electrons. The SMILES string of the molecule is CN1CCC(Nc2nc(-c3cccnc3)nc3ccccc23)C1=O. The van der Waals surface area contributed by atoms with Gasteiger partial charge < -0.3 is 10.2 Å². The highest BCUT2D eigenvalue weighted by molar-refractivity contribution is 5.93. The van der Waals surface area contributed by atoms with E-state index in [-0.39, 0.29) is 11.9 Å². The molecular weight excluding hydrogens is 302 g/mol. The summed E-state index contributed by atoms with van der Waals surface area (Å²) in [6, 6.07) is 11.4. The Hall–Kier alpha value is -3.02. The minimum atomic E-state index is -0.241. The van der Waals surface area contributed by atoms with Crippen molar-refractivity contribution >= 4 is 22.6 Å². The fourth-order valence-electron chi connectivity index (χ4n) is 2.93. The number of rotatable bonds is 3. The van der Waals surface area contributed by atoms with Gasteiger partial charge in [0.2, 0.25) is 5.91 Å². The number of hydrogen-bond acceptors (Lipinski definition) is 5. The lowest BCUT2D eigenvalue weighted by Gasteiger charge is -2.15. The Balaban J connectivity index is 1.80. The molecule has 0 spiro atoms. The number of anilines is 1. The van der Waals surface area contributed by atoms with E-state index in [4.69, 9.17) is 0 Å². The molecule has 24 heavy (non-hydrogen) atoms. The van der Waals surface area contributed by atoms with Crippen molar-refractivity contribution in [2.24, 2.45) is 0 Å². The molecule has 1 atom stereocenters. The predicted octanol–water partition coefficient (Wildman–Crippen LogP) is 2.33. The number of amides is 1. The highest BCUT2D eigenvalue weighted by Crippen LogP contribution is 2.26. The number of aromatic nitrogens is 3. The van der Waals surface area contributed by atoms with E-state index in [2.05, 4.69) is 20.3 Å². The van der Waals surface area contributed by atoms with Gasteiger partial charge in [-0.3, -0.25) is 9.78 Å². The minimum Gasteiger partial charge on any atom is -0.358 e. The molecule has 1 aromatic carbocycles. The molecule has 2 aromatic heterocycles. The number of nitrogens with one attached hydrogen (secondary N) is 1.